The zero-order valence-electron chi connectivity index (χ0n) is 24.8. The second kappa shape index (κ2) is 14.2. The largest absolute Gasteiger partial charge is 0.352 e. The van der Waals surface area contributed by atoms with Crippen molar-refractivity contribution in [1.82, 2.24) is 31.2 Å². The van der Waals surface area contributed by atoms with E-state index in [1.165, 1.54) is 0 Å². The first-order valence-electron chi connectivity index (χ1n) is 15.2. The van der Waals surface area contributed by atoms with Crippen LogP contribution in [0.15, 0.2) is 60.7 Å². The number of nitrogens with zero attached hydrogens (tertiary/aromatic N) is 2. The molecule has 12 heteroatoms. The summed E-state index contributed by atoms with van der Waals surface area (Å²) in [5.41, 5.74) is 3.82. The van der Waals surface area contributed by atoms with Gasteiger partial charge in [0.15, 0.2) is 0 Å². The van der Waals surface area contributed by atoms with Crippen molar-refractivity contribution in [3.05, 3.63) is 93.7 Å². The molecule has 0 aliphatic carbocycles. The fraction of sp³-hybridized carbons (Fsp3) is 0.294. The molecule has 0 bridgehead atoms. The second-order valence-corrected chi connectivity index (χ2v) is 12.3. The molecule has 2 aliphatic rings. The van der Waals surface area contributed by atoms with E-state index in [0.29, 0.717) is 80.7 Å². The Bertz CT molecular complexity index is 1660. The summed E-state index contributed by atoms with van der Waals surface area (Å²) in [6.45, 7) is 1.64. The third-order valence-corrected chi connectivity index (χ3v) is 9.09. The van der Waals surface area contributed by atoms with E-state index < -0.39 is 11.9 Å². The lowest BCUT2D eigenvalue weighted by Crippen LogP contribution is -2.35. The standard InChI is InChI=1S/C34H32Cl2F2N6O2/c35-31-23(3-1-5-25(31)27-11-7-19(33(37)43-27)15-39-17-21-9-13-29(45)41-21)24-4-2-6-26(32(24)36)28-12-8-20(34(38)44-28)16-40-18-22-10-14-30(46)42-22/h1-8,11-12,21-22,39-40H,9-10,13-18H2,(H,41,45)(H,42,46)/t21-,22-/m0/s1. The Morgan fingerprint density at radius 2 is 1.07 bits per heavy atom. The van der Waals surface area contributed by atoms with Crippen LogP contribution in [0.5, 0.6) is 0 Å². The van der Waals surface area contributed by atoms with Gasteiger partial charge in [0.1, 0.15) is 0 Å². The molecule has 0 saturated carbocycles. The number of pyridine rings is 2. The van der Waals surface area contributed by atoms with Crippen molar-refractivity contribution in [3.63, 3.8) is 0 Å². The number of carbonyl (C=O) groups is 2. The summed E-state index contributed by atoms with van der Waals surface area (Å²) in [7, 11) is 0. The predicted octanol–water partition coefficient (Wildman–Crippen LogP) is 5.80. The third kappa shape index (κ3) is 7.20. The maximum Gasteiger partial charge on any atom is 0.220 e. The van der Waals surface area contributed by atoms with E-state index in [-0.39, 0.29) is 37.0 Å². The zero-order chi connectivity index (χ0) is 32.2. The molecule has 2 amide bonds. The van der Waals surface area contributed by atoms with Crippen LogP contribution in [0.4, 0.5) is 8.78 Å². The molecule has 2 fully saturated rings. The molecule has 238 valence electrons. The van der Waals surface area contributed by atoms with Crippen LogP contribution in [0, 0.1) is 11.9 Å². The quantitative estimate of drug-likeness (QED) is 0.151. The Morgan fingerprint density at radius 3 is 1.43 bits per heavy atom. The van der Waals surface area contributed by atoms with Gasteiger partial charge in [-0.15, -0.1) is 0 Å². The highest BCUT2D eigenvalue weighted by atomic mass is 35.5. The van der Waals surface area contributed by atoms with Gasteiger partial charge in [0.2, 0.25) is 23.7 Å². The molecule has 2 aliphatic heterocycles. The van der Waals surface area contributed by atoms with E-state index >= 15 is 8.78 Å². The van der Waals surface area contributed by atoms with Gasteiger partial charge in [0.25, 0.3) is 0 Å². The van der Waals surface area contributed by atoms with E-state index in [1.54, 1.807) is 48.5 Å². The summed E-state index contributed by atoms with van der Waals surface area (Å²) in [6, 6.07) is 17.6. The fourth-order valence-corrected chi connectivity index (χ4v) is 6.44. The fourth-order valence-electron chi connectivity index (χ4n) is 5.79. The van der Waals surface area contributed by atoms with Gasteiger partial charge < -0.3 is 21.3 Å². The maximum atomic E-state index is 15.0. The predicted molar refractivity (Wildman–Crippen MR) is 174 cm³/mol. The first-order valence-corrected chi connectivity index (χ1v) is 15.9. The highest BCUT2D eigenvalue weighted by Crippen LogP contribution is 2.42. The molecule has 4 heterocycles. The first kappa shape index (κ1) is 32.0. The smallest absolute Gasteiger partial charge is 0.220 e. The van der Waals surface area contributed by atoms with E-state index in [0.717, 1.165) is 12.8 Å². The van der Waals surface area contributed by atoms with E-state index in [9.17, 15) is 9.59 Å². The van der Waals surface area contributed by atoms with Crippen LogP contribution >= 0.6 is 23.2 Å². The molecule has 2 atom stereocenters. The number of amides is 2. The van der Waals surface area contributed by atoms with Gasteiger partial charge in [-0.05, 0) is 25.0 Å². The van der Waals surface area contributed by atoms with Crippen LogP contribution in [0.3, 0.4) is 0 Å². The monoisotopic (exact) mass is 664 g/mol. The molecule has 0 unspecified atom stereocenters. The average molecular weight is 666 g/mol. The van der Waals surface area contributed by atoms with Crippen molar-refractivity contribution in [2.24, 2.45) is 0 Å². The number of carbonyl (C=O) groups excluding carboxylic acids is 2. The van der Waals surface area contributed by atoms with Crippen LogP contribution in [0.25, 0.3) is 33.6 Å². The molecule has 8 nitrogen and oxygen atoms in total. The van der Waals surface area contributed by atoms with Crippen molar-refractivity contribution in [1.29, 1.82) is 0 Å². The van der Waals surface area contributed by atoms with Gasteiger partial charge in [-0.3, -0.25) is 9.59 Å². The van der Waals surface area contributed by atoms with Gasteiger partial charge in [-0.2, -0.15) is 8.78 Å². The van der Waals surface area contributed by atoms with Crippen LogP contribution in [-0.2, 0) is 22.7 Å². The van der Waals surface area contributed by atoms with Gasteiger partial charge >= 0.3 is 0 Å². The minimum atomic E-state index is -0.612. The topological polar surface area (TPSA) is 108 Å². The molecule has 0 radical (unpaired) electrons. The maximum absolute atomic E-state index is 15.0. The Balaban J connectivity index is 1.17. The van der Waals surface area contributed by atoms with Crippen LogP contribution < -0.4 is 21.3 Å². The molecule has 0 spiro atoms. The average Bonchev–Trinajstić information content (AvgIpc) is 3.66. The molecule has 6 rings (SSSR count). The molecule has 2 saturated heterocycles. The summed E-state index contributed by atoms with van der Waals surface area (Å²) in [5.74, 6) is -1.15. The third-order valence-electron chi connectivity index (χ3n) is 8.27. The van der Waals surface area contributed by atoms with Crippen molar-refractivity contribution >= 4 is 35.0 Å². The van der Waals surface area contributed by atoms with Gasteiger partial charge in [-0.25, -0.2) is 9.97 Å². The minimum Gasteiger partial charge on any atom is -0.352 e. The molecule has 2 aromatic carbocycles. The normalized spacial score (nSPS) is 17.7. The van der Waals surface area contributed by atoms with Gasteiger partial charge in [-0.1, -0.05) is 71.7 Å². The van der Waals surface area contributed by atoms with Gasteiger partial charge in [0.05, 0.1) is 21.4 Å². The zero-order valence-corrected chi connectivity index (χ0v) is 26.3. The molecular weight excluding hydrogens is 633 g/mol. The molecule has 4 N–H and O–H groups in total. The van der Waals surface area contributed by atoms with Crippen molar-refractivity contribution < 1.29 is 18.4 Å². The van der Waals surface area contributed by atoms with Crippen LogP contribution in [-0.4, -0.2) is 47.0 Å². The van der Waals surface area contributed by atoms with Crippen LogP contribution in [0.2, 0.25) is 10.0 Å². The second-order valence-electron chi connectivity index (χ2n) is 11.5. The number of hydrogen-bond acceptors (Lipinski definition) is 6. The SMILES string of the molecule is O=C1CC[C@@H](CNCc2ccc(-c3cccc(-c4cccc(-c5ccc(CNC[C@@H]6CCC(=O)N6)c(F)n5)c4Cl)c3Cl)nc2F)N1. The Hall–Kier alpha value is -3.96. The van der Waals surface area contributed by atoms with E-state index in [2.05, 4.69) is 31.2 Å². The highest BCUT2D eigenvalue weighted by Gasteiger charge is 2.22. The Kier molecular flexibility index (Phi) is 9.89. The summed E-state index contributed by atoms with van der Waals surface area (Å²) in [4.78, 5) is 31.2. The van der Waals surface area contributed by atoms with Crippen molar-refractivity contribution in [3.8, 4) is 33.6 Å². The number of halogens is 4. The van der Waals surface area contributed by atoms with Crippen LogP contribution in [0.1, 0.15) is 36.8 Å². The number of aromatic nitrogens is 2. The Labute approximate surface area is 275 Å². The highest BCUT2D eigenvalue weighted by molar-refractivity contribution is 6.39. The summed E-state index contributed by atoms with van der Waals surface area (Å²) >= 11 is 13.8. The lowest BCUT2D eigenvalue weighted by atomic mass is 9.98. The summed E-state index contributed by atoms with van der Waals surface area (Å²) < 4.78 is 30.1. The molecular formula is C34H32Cl2F2N6O2. The Morgan fingerprint density at radius 1 is 0.652 bits per heavy atom. The van der Waals surface area contributed by atoms with Gasteiger partial charge in [0, 0.05) is 84.5 Å². The lowest BCUT2D eigenvalue weighted by Gasteiger charge is -2.15. The summed E-state index contributed by atoms with van der Waals surface area (Å²) in [5, 5.41) is 12.8. The molecule has 4 aromatic rings. The summed E-state index contributed by atoms with van der Waals surface area (Å²) in [6.07, 6.45) is 2.54. The number of benzene rings is 2. The number of nitrogens with one attached hydrogen (secondary N) is 4. The van der Waals surface area contributed by atoms with E-state index in [1.807, 2.05) is 12.1 Å². The first-order chi connectivity index (χ1) is 22.3. The van der Waals surface area contributed by atoms with E-state index in [4.69, 9.17) is 23.2 Å². The minimum absolute atomic E-state index is 0.0355. The van der Waals surface area contributed by atoms with Crippen molar-refractivity contribution in [2.45, 2.75) is 50.9 Å². The lowest BCUT2D eigenvalue weighted by molar-refractivity contribution is -0.120. The molecule has 46 heavy (non-hydrogen) atoms. The van der Waals surface area contributed by atoms with Crippen molar-refractivity contribution in [2.75, 3.05) is 13.1 Å². The number of hydrogen-bond donors (Lipinski definition) is 4. The number of rotatable bonds is 11. The molecule has 2 aromatic heterocycles.